The first-order valence-corrected chi connectivity index (χ1v) is 7.40. The van der Waals surface area contributed by atoms with Gasteiger partial charge in [-0.05, 0) is 25.7 Å². The Balaban J connectivity index is 3.08. The van der Waals surface area contributed by atoms with Gasteiger partial charge in [-0.15, -0.1) is 0 Å². The van der Waals surface area contributed by atoms with Crippen LogP contribution in [0.15, 0.2) is 0 Å². The third-order valence-electron chi connectivity index (χ3n) is 2.86. The molecule has 1 aromatic heterocycles. The van der Waals surface area contributed by atoms with E-state index in [4.69, 9.17) is 17.3 Å². The minimum Gasteiger partial charge on any atom is -0.393 e. The minimum atomic E-state index is -0.127. The van der Waals surface area contributed by atoms with Gasteiger partial charge in [-0.1, -0.05) is 46.2 Å². The number of nitrogen functional groups attached to an aromatic ring is 1. The molecule has 1 heterocycles. The zero-order valence-corrected chi connectivity index (χ0v) is 14.4. The zero-order valence-electron chi connectivity index (χ0n) is 13.6. The van der Waals surface area contributed by atoms with Crippen molar-refractivity contribution in [2.45, 2.75) is 66.3 Å². The summed E-state index contributed by atoms with van der Waals surface area (Å²) >= 11 is 6.11. The number of nitrogens with one attached hydrogen (secondary N) is 1. The zero-order chi connectivity index (χ0) is 15.7. The molecule has 4 nitrogen and oxygen atoms in total. The Hall–Kier alpha value is -1.03. The van der Waals surface area contributed by atoms with Gasteiger partial charge in [-0.25, -0.2) is 9.97 Å². The van der Waals surface area contributed by atoms with Gasteiger partial charge in [-0.3, -0.25) is 0 Å². The lowest BCUT2D eigenvalue weighted by molar-refractivity contribution is 0.302. The molecule has 0 radical (unpaired) electrons. The van der Waals surface area contributed by atoms with Crippen molar-refractivity contribution in [2.75, 3.05) is 11.1 Å². The number of halogens is 1. The second-order valence-electron chi connectivity index (χ2n) is 7.54. The first kappa shape index (κ1) is 17.0. The van der Waals surface area contributed by atoms with Gasteiger partial charge < -0.3 is 11.1 Å². The fourth-order valence-electron chi connectivity index (χ4n) is 2.50. The van der Waals surface area contributed by atoms with E-state index in [1.54, 1.807) is 0 Å². The fraction of sp³-hybridized carbons (Fsp3) is 0.733. The molecule has 0 fully saturated rings. The maximum atomic E-state index is 6.11. The summed E-state index contributed by atoms with van der Waals surface area (Å²) in [7, 11) is 0. The molecule has 0 saturated heterocycles. The average Bonchev–Trinajstić information content (AvgIpc) is 2.20. The van der Waals surface area contributed by atoms with Crippen molar-refractivity contribution in [2.24, 2.45) is 5.41 Å². The summed E-state index contributed by atoms with van der Waals surface area (Å²) in [6.45, 7) is 15.0. The second kappa shape index (κ2) is 5.76. The number of nitrogens with zero attached hydrogens (tertiary/aromatic N) is 2. The van der Waals surface area contributed by atoms with Crippen molar-refractivity contribution in [3.63, 3.8) is 0 Å². The summed E-state index contributed by atoms with van der Waals surface area (Å²) in [6, 6.07) is 0. The van der Waals surface area contributed by atoms with Gasteiger partial charge >= 0.3 is 0 Å². The smallest absolute Gasteiger partial charge is 0.157 e. The van der Waals surface area contributed by atoms with E-state index >= 15 is 0 Å². The Morgan fingerprint density at radius 3 is 2.15 bits per heavy atom. The van der Waals surface area contributed by atoms with Crippen molar-refractivity contribution < 1.29 is 0 Å². The molecule has 0 aliphatic heterocycles. The lowest BCUT2D eigenvalue weighted by Crippen LogP contribution is -2.36. The van der Waals surface area contributed by atoms with E-state index in [2.05, 4.69) is 49.9 Å². The van der Waals surface area contributed by atoms with Crippen LogP contribution in [0.1, 0.15) is 66.6 Å². The van der Waals surface area contributed by atoms with Crippen LogP contribution in [0, 0.1) is 5.41 Å². The molecule has 1 aromatic rings. The predicted molar refractivity (Wildman–Crippen MR) is 87.3 cm³/mol. The summed E-state index contributed by atoms with van der Waals surface area (Å²) in [5, 5.41) is 3.74. The lowest BCUT2D eigenvalue weighted by atomic mass is 9.82. The molecule has 0 aromatic carbocycles. The molecule has 0 unspecified atom stereocenters. The molecule has 3 N–H and O–H groups in total. The first-order chi connectivity index (χ1) is 8.91. The predicted octanol–water partition coefficient (Wildman–Crippen LogP) is 4.46. The van der Waals surface area contributed by atoms with Crippen LogP contribution in [-0.4, -0.2) is 15.5 Å². The van der Waals surface area contributed by atoms with Crippen LogP contribution in [0.25, 0.3) is 0 Å². The number of nitrogens with two attached hydrogens (primary N) is 1. The molecule has 114 valence electrons. The Kier molecular flexibility index (Phi) is 4.90. The highest BCUT2D eigenvalue weighted by Gasteiger charge is 2.27. The second-order valence-corrected chi connectivity index (χ2v) is 7.89. The Labute approximate surface area is 127 Å². The van der Waals surface area contributed by atoms with E-state index in [-0.39, 0.29) is 16.9 Å². The third kappa shape index (κ3) is 4.82. The molecule has 0 spiro atoms. The number of anilines is 2. The molecule has 0 aliphatic rings. The molecular weight excluding hydrogens is 272 g/mol. The lowest BCUT2D eigenvalue weighted by Gasteiger charge is -2.34. The van der Waals surface area contributed by atoms with Gasteiger partial charge in [0, 0.05) is 11.5 Å². The van der Waals surface area contributed by atoms with Crippen molar-refractivity contribution in [3.05, 3.63) is 11.0 Å². The summed E-state index contributed by atoms with van der Waals surface area (Å²) in [4.78, 5) is 8.74. The van der Waals surface area contributed by atoms with E-state index in [0.717, 1.165) is 6.42 Å². The van der Waals surface area contributed by atoms with Crippen molar-refractivity contribution in [1.82, 2.24) is 9.97 Å². The van der Waals surface area contributed by atoms with Crippen LogP contribution in [0.4, 0.5) is 11.5 Å². The van der Waals surface area contributed by atoms with E-state index in [1.165, 1.54) is 0 Å². The molecule has 0 aliphatic carbocycles. The Morgan fingerprint density at radius 2 is 1.70 bits per heavy atom. The molecule has 0 saturated carbocycles. The topological polar surface area (TPSA) is 63.8 Å². The minimum absolute atomic E-state index is 0.127. The summed E-state index contributed by atoms with van der Waals surface area (Å²) in [6.07, 6.45) is 0.984. The van der Waals surface area contributed by atoms with E-state index in [0.29, 0.717) is 22.5 Å². The molecule has 20 heavy (non-hydrogen) atoms. The van der Waals surface area contributed by atoms with Gasteiger partial charge in [0.1, 0.15) is 11.5 Å². The van der Waals surface area contributed by atoms with Crippen LogP contribution in [0.3, 0.4) is 0 Å². The van der Waals surface area contributed by atoms with Crippen LogP contribution in [0.2, 0.25) is 5.15 Å². The molecular formula is C15H27ClN4. The van der Waals surface area contributed by atoms with Gasteiger partial charge in [-0.2, -0.15) is 0 Å². The maximum Gasteiger partial charge on any atom is 0.157 e. The highest BCUT2D eigenvalue weighted by molar-refractivity contribution is 6.32. The standard InChI is InChI=1S/C15H27ClN4/c1-9(2)12-18-11(16)10(17)13(19-12)20-15(6,7)8-14(3,4)5/h9H,8,17H2,1-7H3,(H,18,19,20). The number of hydrogen-bond donors (Lipinski definition) is 2. The van der Waals surface area contributed by atoms with Crippen molar-refractivity contribution in [3.8, 4) is 0 Å². The summed E-state index contributed by atoms with van der Waals surface area (Å²) < 4.78 is 0. The fourth-order valence-corrected chi connectivity index (χ4v) is 2.68. The Bertz CT molecular complexity index is 475. The van der Waals surface area contributed by atoms with Crippen LogP contribution >= 0.6 is 11.6 Å². The monoisotopic (exact) mass is 298 g/mol. The van der Waals surface area contributed by atoms with Crippen LogP contribution in [-0.2, 0) is 0 Å². The number of hydrogen-bond acceptors (Lipinski definition) is 4. The summed E-state index contributed by atoms with van der Waals surface area (Å²) in [5.41, 5.74) is 6.50. The molecule has 0 amide bonds. The van der Waals surface area contributed by atoms with Gasteiger partial charge in [0.05, 0.1) is 0 Å². The Morgan fingerprint density at radius 1 is 1.15 bits per heavy atom. The molecule has 0 atom stereocenters. The molecule has 1 rings (SSSR count). The SMILES string of the molecule is CC(C)c1nc(Cl)c(N)c(NC(C)(C)CC(C)(C)C)n1. The highest BCUT2D eigenvalue weighted by atomic mass is 35.5. The highest BCUT2D eigenvalue weighted by Crippen LogP contribution is 2.33. The van der Waals surface area contributed by atoms with Crippen LogP contribution < -0.4 is 11.1 Å². The van der Waals surface area contributed by atoms with Crippen molar-refractivity contribution in [1.29, 1.82) is 0 Å². The van der Waals surface area contributed by atoms with E-state index < -0.39 is 0 Å². The van der Waals surface area contributed by atoms with E-state index in [1.807, 2.05) is 13.8 Å². The van der Waals surface area contributed by atoms with Crippen molar-refractivity contribution >= 4 is 23.1 Å². The third-order valence-corrected chi connectivity index (χ3v) is 3.15. The molecule has 0 bridgehead atoms. The van der Waals surface area contributed by atoms with E-state index in [9.17, 15) is 0 Å². The maximum absolute atomic E-state index is 6.11. The first-order valence-electron chi connectivity index (χ1n) is 7.02. The van der Waals surface area contributed by atoms with Crippen LogP contribution in [0.5, 0.6) is 0 Å². The number of aromatic nitrogens is 2. The quantitative estimate of drug-likeness (QED) is 0.805. The normalized spacial score (nSPS) is 12.8. The molecule has 5 heteroatoms. The van der Waals surface area contributed by atoms with Gasteiger partial charge in [0.15, 0.2) is 11.0 Å². The summed E-state index contributed by atoms with van der Waals surface area (Å²) in [5.74, 6) is 1.54. The average molecular weight is 299 g/mol. The van der Waals surface area contributed by atoms with Gasteiger partial charge in [0.25, 0.3) is 0 Å². The largest absolute Gasteiger partial charge is 0.393 e. The number of rotatable bonds is 4. The van der Waals surface area contributed by atoms with Gasteiger partial charge in [0.2, 0.25) is 0 Å².